The number of aryl methyl sites for hydroxylation is 6. The fourth-order valence-electron chi connectivity index (χ4n) is 5.31. The Balaban J connectivity index is 0. The van der Waals surface area contributed by atoms with Crippen molar-refractivity contribution in [2.45, 2.75) is 119 Å². The summed E-state index contributed by atoms with van der Waals surface area (Å²) in [5, 5.41) is 0. The number of pyridine rings is 1. The van der Waals surface area contributed by atoms with Gasteiger partial charge in [-0.3, -0.25) is 9.98 Å². The Bertz CT molecular complexity index is 1140. The van der Waals surface area contributed by atoms with Crippen LogP contribution in [0.15, 0.2) is 52.4 Å². The average Bonchev–Trinajstić information content (AvgIpc) is 2.95. The minimum atomic E-state index is 0. The molecule has 0 spiro atoms. The maximum absolute atomic E-state index is 5.06. The van der Waals surface area contributed by atoms with E-state index in [1.165, 1.54) is 84.7 Å². The van der Waals surface area contributed by atoms with Crippen LogP contribution in [0.4, 0.5) is 11.4 Å². The van der Waals surface area contributed by atoms with E-state index in [-0.39, 0.29) is 54.3 Å². The summed E-state index contributed by atoms with van der Waals surface area (Å²) in [5.74, 6) is 0. The van der Waals surface area contributed by atoms with Crippen LogP contribution in [0.5, 0.6) is 0 Å². The molecule has 3 aromatic rings. The Kier molecular flexibility index (Phi) is 24.8. The molecule has 3 nitrogen and oxygen atoms in total. The molecule has 0 saturated carbocycles. The Morgan fingerprint density at radius 1 is 0.545 bits per heavy atom. The van der Waals surface area contributed by atoms with E-state index in [4.69, 9.17) is 15.0 Å². The quantitative estimate of drug-likeness (QED) is 0.166. The monoisotopic (exact) mass is 698 g/mol. The maximum atomic E-state index is 5.06. The molecule has 0 unspecified atom stereocenters. The topological polar surface area (TPSA) is 37.6 Å². The molecule has 2 aromatic carbocycles. The van der Waals surface area contributed by atoms with Crippen molar-refractivity contribution in [1.29, 1.82) is 0 Å². The van der Waals surface area contributed by atoms with Gasteiger partial charge in [-0.25, -0.2) is 4.98 Å². The normalized spacial score (nSPS) is 10.7. The number of aromatic nitrogens is 1. The van der Waals surface area contributed by atoms with E-state index in [0.29, 0.717) is 0 Å². The second kappa shape index (κ2) is 24.5. The van der Waals surface area contributed by atoms with Crippen LogP contribution in [0.3, 0.4) is 0 Å². The minimum absolute atomic E-state index is 0. The maximum Gasteiger partial charge on any atom is 3.00 e. The minimum Gasteiger partial charge on any atom is -1.00 e. The van der Waals surface area contributed by atoms with Gasteiger partial charge < -0.3 is 37.2 Å². The van der Waals surface area contributed by atoms with Crippen LogP contribution in [0.25, 0.3) is 0 Å². The first-order chi connectivity index (χ1) is 19.5. The van der Waals surface area contributed by atoms with Crippen molar-refractivity contribution in [2.75, 3.05) is 0 Å². The third-order valence-electron chi connectivity index (χ3n) is 7.47. The summed E-state index contributed by atoms with van der Waals surface area (Å²) in [6, 6.07) is 15.4. The molecule has 1 aromatic heterocycles. The summed E-state index contributed by atoms with van der Waals surface area (Å²) in [4.78, 5) is 15.0. The average molecular weight is 700 g/mol. The molecule has 0 aliphatic carbocycles. The van der Waals surface area contributed by atoms with E-state index >= 15 is 0 Å². The van der Waals surface area contributed by atoms with E-state index in [2.05, 4.69) is 71.9 Å². The van der Waals surface area contributed by atoms with Gasteiger partial charge in [0.2, 0.25) is 0 Å². The Morgan fingerprint density at radius 2 is 0.841 bits per heavy atom. The van der Waals surface area contributed by atoms with Crippen LogP contribution in [-0.4, -0.2) is 17.4 Å². The van der Waals surface area contributed by atoms with Crippen molar-refractivity contribution in [1.82, 2.24) is 4.98 Å². The van der Waals surface area contributed by atoms with Crippen molar-refractivity contribution in [3.8, 4) is 0 Å². The summed E-state index contributed by atoms with van der Waals surface area (Å²) in [6.45, 7) is 13.4. The van der Waals surface area contributed by atoms with E-state index < -0.39 is 0 Å². The van der Waals surface area contributed by atoms with Gasteiger partial charge in [0.15, 0.2) is 0 Å². The summed E-state index contributed by atoms with van der Waals surface area (Å²) < 4.78 is 0. The fourth-order valence-corrected chi connectivity index (χ4v) is 5.31. The molecule has 0 saturated heterocycles. The van der Waals surface area contributed by atoms with Crippen LogP contribution in [0, 0.1) is 13.8 Å². The molecule has 44 heavy (non-hydrogen) atoms. The Labute approximate surface area is 297 Å². The van der Waals surface area contributed by atoms with Gasteiger partial charge in [0.1, 0.15) is 0 Å². The molecule has 0 N–H and O–H groups in total. The molecule has 0 aliphatic heterocycles. The van der Waals surface area contributed by atoms with Crippen LogP contribution in [-0.2, 0) is 42.8 Å². The van der Waals surface area contributed by atoms with Gasteiger partial charge in [-0.2, -0.15) is 0 Å². The number of unbranched alkanes of at least 4 members (excludes halogenated alkanes) is 4. The molecule has 0 atom stereocenters. The predicted octanol–water partition coefficient (Wildman–Crippen LogP) is 1.58. The SMILES string of the molecule is CCCCc1cc(C)cc(CCCC)c1N=Cc1cccc(C=Nc2c(CCCC)cc(C)cc2CCCC)n1.[Cl-].[Cl-].[Cl-].[Fe+3]. The molecule has 0 fully saturated rings. The summed E-state index contributed by atoms with van der Waals surface area (Å²) in [6.07, 6.45) is 17.6. The molecule has 7 heteroatoms. The smallest absolute Gasteiger partial charge is 1.00 e. The van der Waals surface area contributed by atoms with Gasteiger partial charge >= 0.3 is 17.1 Å². The van der Waals surface area contributed by atoms with E-state index in [1.807, 2.05) is 24.6 Å². The summed E-state index contributed by atoms with van der Waals surface area (Å²) >= 11 is 0. The van der Waals surface area contributed by atoms with Gasteiger partial charge in [0.25, 0.3) is 0 Å². The van der Waals surface area contributed by atoms with Gasteiger partial charge in [-0.1, -0.05) is 94.8 Å². The molecule has 0 bridgehead atoms. The molecule has 3 rings (SSSR count). The second-order valence-corrected chi connectivity index (χ2v) is 11.3. The summed E-state index contributed by atoms with van der Waals surface area (Å²) in [5.41, 5.74) is 12.1. The predicted molar refractivity (Wildman–Crippen MR) is 176 cm³/mol. The van der Waals surface area contributed by atoms with Crippen molar-refractivity contribution in [2.24, 2.45) is 9.98 Å². The number of hydrogen-bond donors (Lipinski definition) is 0. The third kappa shape index (κ3) is 14.2. The van der Waals surface area contributed by atoms with Crippen LogP contribution >= 0.6 is 0 Å². The van der Waals surface area contributed by atoms with Crippen LogP contribution < -0.4 is 37.2 Å². The zero-order valence-corrected chi connectivity index (χ0v) is 30.9. The molecule has 0 amide bonds. The largest absolute Gasteiger partial charge is 3.00 e. The van der Waals surface area contributed by atoms with Crippen LogP contribution in [0.1, 0.15) is 124 Å². The standard InChI is InChI=1S/C37H51N3.3ClH.Fe/c1-7-11-16-30-22-28(5)23-31(17-12-8-2)36(30)38-26-34-20-15-21-35(40-34)27-39-37-32(18-13-9-3)24-29(6)25-33(37)19-14-10-4;;;;/h15,20-27H,7-14,16-19H2,1-6H3;3*1H;/q;;;;+3/p-3. The van der Waals surface area contributed by atoms with Crippen LogP contribution in [0.2, 0.25) is 0 Å². The molecular formula is C37H51Cl3FeN3. The van der Waals surface area contributed by atoms with Crippen molar-refractivity contribution < 1.29 is 54.3 Å². The second-order valence-electron chi connectivity index (χ2n) is 11.3. The number of aliphatic imine (C=N–C) groups is 2. The van der Waals surface area contributed by atoms with Gasteiger partial charge in [0, 0.05) is 0 Å². The summed E-state index contributed by atoms with van der Waals surface area (Å²) in [7, 11) is 0. The van der Waals surface area contributed by atoms with Gasteiger partial charge in [-0.05, 0) is 99.6 Å². The van der Waals surface area contributed by atoms with E-state index in [9.17, 15) is 0 Å². The molecule has 243 valence electrons. The van der Waals surface area contributed by atoms with E-state index in [1.54, 1.807) is 0 Å². The molecule has 0 aliphatic rings. The number of rotatable bonds is 16. The number of nitrogens with zero attached hydrogens (tertiary/aromatic N) is 3. The zero-order valence-electron chi connectivity index (χ0n) is 27.5. The Morgan fingerprint density at radius 3 is 1.11 bits per heavy atom. The van der Waals surface area contributed by atoms with E-state index in [0.717, 1.165) is 48.4 Å². The van der Waals surface area contributed by atoms with Crippen molar-refractivity contribution in [3.05, 3.63) is 87.2 Å². The van der Waals surface area contributed by atoms with Crippen molar-refractivity contribution >= 4 is 23.8 Å². The number of benzene rings is 2. The molecule has 1 heterocycles. The van der Waals surface area contributed by atoms with Gasteiger partial charge in [0.05, 0.1) is 35.2 Å². The Hall–Kier alpha value is -1.68. The molecule has 1 radical (unpaired) electrons. The third-order valence-corrected chi connectivity index (χ3v) is 7.47. The molecular weight excluding hydrogens is 649 g/mol. The fraction of sp³-hybridized carbons (Fsp3) is 0.486. The zero-order chi connectivity index (χ0) is 28.7. The number of halogens is 3. The number of hydrogen-bond acceptors (Lipinski definition) is 3. The van der Waals surface area contributed by atoms with Crippen molar-refractivity contribution in [3.63, 3.8) is 0 Å². The van der Waals surface area contributed by atoms with Gasteiger partial charge in [-0.15, -0.1) is 0 Å². The first kappa shape index (κ1) is 44.4. The first-order valence-corrected chi connectivity index (χ1v) is 15.8. The first-order valence-electron chi connectivity index (χ1n) is 15.8.